The van der Waals surface area contributed by atoms with Crippen LogP contribution in [0.25, 0.3) is 0 Å². The highest BCUT2D eigenvalue weighted by atomic mass is 79.9. The van der Waals surface area contributed by atoms with E-state index in [0.717, 1.165) is 9.37 Å². The largest absolute Gasteiger partial charge is 0.459 e. The molecule has 0 unspecified atom stereocenters. The highest BCUT2D eigenvalue weighted by molar-refractivity contribution is 9.10. The van der Waals surface area contributed by atoms with E-state index in [0.29, 0.717) is 17.0 Å². The lowest BCUT2D eigenvalue weighted by molar-refractivity contribution is -0.159. The summed E-state index contributed by atoms with van der Waals surface area (Å²) in [7, 11) is 0. The van der Waals surface area contributed by atoms with E-state index >= 15 is 0 Å². The molecule has 4 rings (SSSR count). The first-order chi connectivity index (χ1) is 15.7. The Morgan fingerprint density at radius 3 is 2.33 bits per heavy atom. The van der Waals surface area contributed by atoms with Crippen LogP contribution in [0.1, 0.15) is 26.3 Å². The fourth-order valence-electron chi connectivity index (χ4n) is 3.80. The smallest absolute Gasteiger partial charge is 0.416 e. The van der Waals surface area contributed by atoms with E-state index in [1.54, 1.807) is 32.9 Å². The molecule has 8 nitrogen and oxygen atoms in total. The number of cyclic esters (lactones) is 1. The SMILES string of the molecule is CC(C)(C)OC(=O)[C@@H]1C(c2ccccc2)=NN(c2ccc(Br)cc2)[C@H]1C(=O)N1CCOC1=O. The van der Waals surface area contributed by atoms with Gasteiger partial charge in [-0.3, -0.25) is 14.6 Å². The van der Waals surface area contributed by atoms with E-state index in [1.807, 2.05) is 42.5 Å². The van der Waals surface area contributed by atoms with Gasteiger partial charge in [-0.2, -0.15) is 5.10 Å². The van der Waals surface area contributed by atoms with Gasteiger partial charge in [-0.25, -0.2) is 9.69 Å². The van der Waals surface area contributed by atoms with Crippen LogP contribution < -0.4 is 5.01 Å². The zero-order valence-electron chi connectivity index (χ0n) is 18.5. The van der Waals surface area contributed by atoms with Crippen molar-refractivity contribution in [2.45, 2.75) is 32.4 Å². The number of esters is 1. The van der Waals surface area contributed by atoms with Gasteiger partial charge in [0.05, 0.1) is 17.9 Å². The highest BCUT2D eigenvalue weighted by Gasteiger charge is 2.51. The maximum atomic E-state index is 13.7. The molecule has 2 amide bonds. The number of carbonyl (C=O) groups excluding carboxylic acids is 3. The van der Waals surface area contributed by atoms with Crippen molar-refractivity contribution in [1.82, 2.24) is 4.90 Å². The number of hydrogen-bond acceptors (Lipinski definition) is 7. The molecule has 0 saturated carbocycles. The lowest BCUT2D eigenvalue weighted by atomic mass is 9.89. The lowest BCUT2D eigenvalue weighted by Gasteiger charge is -2.30. The van der Waals surface area contributed by atoms with Gasteiger partial charge in [0, 0.05) is 4.47 Å². The van der Waals surface area contributed by atoms with E-state index in [2.05, 4.69) is 15.9 Å². The Balaban J connectivity index is 1.84. The molecular weight excluding hydrogens is 490 g/mol. The number of carbonyl (C=O) groups is 3. The number of amides is 2. The van der Waals surface area contributed by atoms with Crippen molar-refractivity contribution in [3.05, 3.63) is 64.6 Å². The molecule has 1 fully saturated rings. The Hall–Kier alpha value is -3.20. The van der Waals surface area contributed by atoms with Gasteiger partial charge in [0.25, 0.3) is 5.91 Å². The van der Waals surface area contributed by atoms with Crippen molar-refractivity contribution in [2.75, 3.05) is 18.2 Å². The van der Waals surface area contributed by atoms with Crippen molar-refractivity contribution in [1.29, 1.82) is 0 Å². The number of imide groups is 1. The van der Waals surface area contributed by atoms with Crippen molar-refractivity contribution >= 4 is 45.3 Å². The molecule has 9 heteroatoms. The predicted octanol–water partition coefficient (Wildman–Crippen LogP) is 3.98. The van der Waals surface area contributed by atoms with E-state index in [1.165, 1.54) is 5.01 Å². The summed E-state index contributed by atoms with van der Waals surface area (Å²) in [6, 6.07) is 15.3. The molecule has 2 atom stereocenters. The molecule has 0 aromatic heterocycles. The number of rotatable bonds is 4. The lowest BCUT2D eigenvalue weighted by Crippen LogP contribution is -2.52. The standard InChI is InChI=1S/C24H24BrN3O5/c1-24(2,3)33-22(30)18-19(15-7-5-4-6-8-15)26-28(17-11-9-16(25)10-12-17)20(18)21(29)27-13-14-32-23(27)31/h4-12,18,20H,13-14H2,1-3H3/t18-,20-/m1/s1. The average Bonchev–Trinajstić information content (AvgIpc) is 3.37. The van der Waals surface area contributed by atoms with Crippen molar-refractivity contribution in [3.63, 3.8) is 0 Å². The van der Waals surface area contributed by atoms with Gasteiger partial charge in [0.15, 0.2) is 6.04 Å². The molecule has 2 aliphatic heterocycles. The number of benzene rings is 2. The first-order valence-electron chi connectivity index (χ1n) is 10.6. The fourth-order valence-corrected chi connectivity index (χ4v) is 4.06. The van der Waals surface area contributed by atoms with Gasteiger partial charge in [-0.05, 0) is 50.6 Å². The molecule has 2 heterocycles. The fraction of sp³-hybridized carbons (Fsp3) is 0.333. The highest BCUT2D eigenvalue weighted by Crippen LogP contribution is 2.35. The third kappa shape index (κ3) is 4.78. The molecule has 2 aromatic rings. The van der Waals surface area contributed by atoms with Gasteiger partial charge in [-0.15, -0.1) is 0 Å². The Kier molecular flexibility index (Phi) is 6.25. The van der Waals surface area contributed by atoms with Gasteiger partial charge in [-0.1, -0.05) is 46.3 Å². The maximum Gasteiger partial charge on any atom is 0.416 e. The monoisotopic (exact) mass is 513 g/mol. The first kappa shape index (κ1) is 23.0. The Labute approximate surface area is 200 Å². The van der Waals surface area contributed by atoms with Crippen molar-refractivity contribution in [2.24, 2.45) is 11.0 Å². The number of halogens is 1. The van der Waals surface area contributed by atoms with E-state index in [4.69, 9.17) is 14.6 Å². The zero-order chi connectivity index (χ0) is 23.8. The van der Waals surface area contributed by atoms with Crippen LogP contribution in [0, 0.1) is 5.92 Å². The van der Waals surface area contributed by atoms with Gasteiger partial charge < -0.3 is 9.47 Å². The minimum atomic E-state index is -1.11. The third-order valence-electron chi connectivity index (χ3n) is 5.19. The molecule has 0 spiro atoms. The topological polar surface area (TPSA) is 88.5 Å². The summed E-state index contributed by atoms with van der Waals surface area (Å²) in [5, 5.41) is 6.22. The number of hydrogen-bond donors (Lipinski definition) is 0. The molecule has 0 radical (unpaired) electrons. The molecule has 172 valence electrons. The molecule has 0 aliphatic carbocycles. The molecule has 1 saturated heterocycles. The second-order valence-corrected chi connectivity index (χ2v) is 9.65. The van der Waals surface area contributed by atoms with Crippen molar-refractivity contribution in [3.8, 4) is 0 Å². The van der Waals surface area contributed by atoms with E-state index in [9.17, 15) is 14.4 Å². The summed E-state index contributed by atoms with van der Waals surface area (Å²) in [6.07, 6.45) is -0.730. The maximum absolute atomic E-state index is 13.7. The summed E-state index contributed by atoms with van der Waals surface area (Å²) in [6.45, 7) is 5.52. The Morgan fingerprint density at radius 2 is 1.76 bits per heavy atom. The van der Waals surface area contributed by atoms with Gasteiger partial charge in [0.1, 0.15) is 18.1 Å². The zero-order valence-corrected chi connectivity index (χ0v) is 20.1. The van der Waals surface area contributed by atoms with Gasteiger partial charge in [0.2, 0.25) is 0 Å². The molecule has 0 bridgehead atoms. The van der Waals surface area contributed by atoms with Crippen LogP contribution in [-0.4, -0.2) is 53.4 Å². The number of nitrogens with zero attached hydrogens (tertiary/aromatic N) is 3. The van der Waals surface area contributed by atoms with Crippen LogP contribution in [0.3, 0.4) is 0 Å². The van der Waals surface area contributed by atoms with E-state index < -0.39 is 35.5 Å². The predicted molar refractivity (Wildman–Crippen MR) is 126 cm³/mol. The van der Waals surface area contributed by atoms with Crippen LogP contribution in [0.15, 0.2) is 64.2 Å². The molecule has 0 N–H and O–H groups in total. The van der Waals surface area contributed by atoms with Crippen LogP contribution in [0.4, 0.5) is 10.5 Å². The number of hydrazone groups is 1. The number of ether oxygens (including phenoxy) is 2. The summed E-state index contributed by atoms with van der Waals surface area (Å²) in [5.74, 6) is -2.20. The second-order valence-electron chi connectivity index (χ2n) is 8.73. The second kappa shape index (κ2) is 8.97. The summed E-state index contributed by atoms with van der Waals surface area (Å²) in [4.78, 5) is 40.4. The van der Waals surface area contributed by atoms with Crippen LogP contribution in [0.2, 0.25) is 0 Å². The van der Waals surface area contributed by atoms with Crippen LogP contribution >= 0.6 is 15.9 Å². The number of anilines is 1. The summed E-state index contributed by atoms with van der Waals surface area (Å²) < 4.78 is 11.5. The van der Waals surface area contributed by atoms with Crippen molar-refractivity contribution < 1.29 is 23.9 Å². The molecule has 33 heavy (non-hydrogen) atoms. The first-order valence-corrected chi connectivity index (χ1v) is 11.3. The third-order valence-corrected chi connectivity index (χ3v) is 5.72. The summed E-state index contributed by atoms with van der Waals surface area (Å²) in [5.41, 5.74) is 0.918. The van der Waals surface area contributed by atoms with Crippen LogP contribution in [0.5, 0.6) is 0 Å². The quantitative estimate of drug-likeness (QED) is 0.574. The molecule has 2 aromatic carbocycles. The van der Waals surface area contributed by atoms with E-state index in [-0.39, 0.29) is 13.2 Å². The normalized spacial score (nSPS) is 20.5. The Morgan fingerprint density at radius 1 is 1.09 bits per heavy atom. The Bertz CT molecular complexity index is 1100. The average molecular weight is 514 g/mol. The minimum absolute atomic E-state index is 0.110. The molecular formula is C24H24BrN3O5. The minimum Gasteiger partial charge on any atom is -0.459 e. The summed E-state index contributed by atoms with van der Waals surface area (Å²) >= 11 is 3.41. The van der Waals surface area contributed by atoms with Crippen LogP contribution in [-0.2, 0) is 19.1 Å². The molecule has 2 aliphatic rings. The van der Waals surface area contributed by atoms with Gasteiger partial charge >= 0.3 is 12.1 Å².